The third kappa shape index (κ3) is 8.04. The first-order chi connectivity index (χ1) is 29.9. The first-order valence-electron chi connectivity index (χ1n) is 21.6. The summed E-state index contributed by atoms with van der Waals surface area (Å²) in [5.41, 5.74) is 12.0. The number of para-hydroxylation sites is 1. The van der Waals surface area contributed by atoms with E-state index in [9.17, 15) is 19.5 Å². The SMILES string of the molecule is Cc1cn([C@H]2CCN(CC3CCN(C(=O)c4ccc([C@@H]5CN(c6cc(-c7ccccc7O)nnc6N)[C@H](C)[C@H](C)O5)cc4)CC3)C[C@@H]2F)c2ncc(N3CCC(=O)NC3=O)cc12. The standard InChI is InChI=1S/C46H53FN10O5/c1-27-23-57(44-35(27)20-33(22-49-44)55-19-15-42(59)50-46(55)61)38-14-16-53(25-36(38)47)24-30-12-17-54(18-13-30)45(60)32-10-8-31(9-11-32)41-26-56(28(2)29(3)62-41)39-21-37(51-52-43(39)48)34-6-4-5-7-40(34)58/h4-11,20-23,28-30,36,38,41,58H,12-19,24-26H2,1-3H3,(H2,48,52)(H,50,59,61)/t28-,29+,36+,38+,41+/m1/s1. The highest BCUT2D eigenvalue weighted by Crippen LogP contribution is 2.38. The summed E-state index contributed by atoms with van der Waals surface area (Å²) in [7, 11) is 0. The van der Waals surface area contributed by atoms with Crippen molar-refractivity contribution < 1.29 is 28.6 Å². The molecule has 4 fully saturated rings. The minimum atomic E-state index is -1.08. The number of fused-ring (bicyclic) bond motifs is 1. The molecule has 0 unspecified atom stereocenters. The number of halogens is 1. The summed E-state index contributed by atoms with van der Waals surface area (Å²) in [5, 5.41) is 22.2. The number of aromatic hydroxyl groups is 1. The number of nitrogens with one attached hydrogen (secondary N) is 1. The molecule has 4 N–H and O–H groups in total. The van der Waals surface area contributed by atoms with Crippen molar-refractivity contribution in [1.82, 2.24) is 34.9 Å². The molecule has 15 nitrogen and oxygen atoms in total. The maximum absolute atomic E-state index is 16.0. The Balaban J connectivity index is 0.780. The smallest absolute Gasteiger partial charge is 0.328 e. The summed E-state index contributed by atoms with van der Waals surface area (Å²) >= 11 is 0. The van der Waals surface area contributed by atoms with Gasteiger partial charge >= 0.3 is 6.03 Å². The van der Waals surface area contributed by atoms with Crippen molar-refractivity contribution >= 4 is 46.1 Å². The van der Waals surface area contributed by atoms with E-state index >= 15 is 4.39 Å². The van der Waals surface area contributed by atoms with Gasteiger partial charge in [0.25, 0.3) is 5.91 Å². The number of carbonyl (C=O) groups is 3. The zero-order valence-electron chi connectivity index (χ0n) is 35.3. The van der Waals surface area contributed by atoms with Crippen molar-refractivity contribution in [2.24, 2.45) is 5.92 Å². The fourth-order valence-electron chi connectivity index (χ4n) is 9.59. The number of nitrogens with zero attached hydrogens (tertiary/aromatic N) is 8. The fourth-order valence-corrected chi connectivity index (χ4v) is 9.59. The van der Waals surface area contributed by atoms with Crippen molar-refractivity contribution in [2.45, 2.75) is 76.9 Å². The number of phenols is 1. The number of aromatic nitrogens is 4. The molecule has 324 valence electrons. The van der Waals surface area contributed by atoms with Crippen LogP contribution in [0, 0.1) is 12.8 Å². The van der Waals surface area contributed by atoms with Crippen LogP contribution in [0.4, 0.5) is 26.4 Å². The number of anilines is 3. The van der Waals surface area contributed by atoms with Gasteiger partial charge in [0.15, 0.2) is 5.82 Å². The van der Waals surface area contributed by atoms with Gasteiger partial charge in [0.1, 0.15) is 23.7 Å². The van der Waals surface area contributed by atoms with E-state index in [1.54, 1.807) is 24.4 Å². The third-order valence-corrected chi connectivity index (χ3v) is 13.3. The van der Waals surface area contributed by atoms with Crippen LogP contribution < -0.4 is 20.9 Å². The summed E-state index contributed by atoms with van der Waals surface area (Å²) in [6, 6.07) is 17.6. The van der Waals surface area contributed by atoms with Gasteiger partial charge in [0.2, 0.25) is 5.91 Å². The number of hydrogen-bond donors (Lipinski definition) is 3. The van der Waals surface area contributed by atoms with Crippen LogP contribution in [-0.2, 0) is 9.53 Å². The van der Waals surface area contributed by atoms with E-state index in [1.165, 1.54) is 4.90 Å². The molecule has 3 aromatic heterocycles. The number of pyridine rings is 1. The molecule has 4 aliphatic heterocycles. The molecule has 5 atom stereocenters. The van der Waals surface area contributed by atoms with Crippen LogP contribution in [-0.4, -0.2) is 117 Å². The average molecular weight is 845 g/mol. The predicted octanol–water partition coefficient (Wildman–Crippen LogP) is 6.03. The molecule has 4 amide bonds. The lowest BCUT2D eigenvalue weighted by atomic mass is 9.93. The topological polar surface area (TPSA) is 175 Å². The number of ether oxygens (including phenoxy) is 1. The van der Waals surface area contributed by atoms with Crippen LogP contribution >= 0.6 is 0 Å². The number of nitrogen functional groups attached to an aromatic ring is 1. The molecule has 0 aliphatic carbocycles. The van der Waals surface area contributed by atoms with Gasteiger partial charge < -0.3 is 34.8 Å². The van der Waals surface area contributed by atoms with Crippen molar-refractivity contribution in [1.29, 1.82) is 0 Å². The molecule has 0 saturated carbocycles. The average Bonchev–Trinajstić information content (AvgIpc) is 3.60. The number of urea groups is 1. The second kappa shape index (κ2) is 17.0. The molecular weight excluding hydrogens is 792 g/mol. The number of imide groups is 1. The molecule has 0 bridgehead atoms. The van der Waals surface area contributed by atoms with E-state index in [-0.39, 0.29) is 54.8 Å². The van der Waals surface area contributed by atoms with E-state index in [0.717, 1.165) is 48.1 Å². The quantitative estimate of drug-likeness (QED) is 0.166. The molecule has 0 spiro atoms. The van der Waals surface area contributed by atoms with Gasteiger partial charge in [-0.15, -0.1) is 10.2 Å². The number of nitrogens with two attached hydrogens (primary N) is 1. The number of hydrogen-bond acceptors (Lipinski definition) is 11. The highest BCUT2D eigenvalue weighted by Gasteiger charge is 2.36. The van der Waals surface area contributed by atoms with E-state index < -0.39 is 12.2 Å². The van der Waals surface area contributed by atoms with Crippen LogP contribution in [0.1, 0.15) is 73.2 Å². The second-order valence-electron chi connectivity index (χ2n) is 17.3. The summed E-state index contributed by atoms with van der Waals surface area (Å²) < 4.78 is 24.4. The molecule has 2 aromatic carbocycles. The van der Waals surface area contributed by atoms with Crippen LogP contribution in [0.15, 0.2) is 73.1 Å². The number of likely N-dealkylation sites (tertiary alicyclic amines) is 2. The minimum absolute atomic E-state index is 0.00409. The summed E-state index contributed by atoms with van der Waals surface area (Å²) in [6.07, 6.45) is 4.68. The van der Waals surface area contributed by atoms with Gasteiger partial charge in [-0.25, -0.2) is 14.2 Å². The van der Waals surface area contributed by atoms with Crippen LogP contribution in [0.2, 0.25) is 0 Å². The molecule has 4 saturated heterocycles. The Morgan fingerprint density at radius 3 is 2.50 bits per heavy atom. The van der Waals surface area contributed by atoms with Gasteiger partial charge in [0, 0.05) is 74.9 Å². The normalized spacial score (nSPS) is 24.1. The van der Waals surface area contributed by atoms with Crippen molar-refractivity contribution in [3.05, 3.63) is 89.7 Å². The Bertz CT molecular complexity index is 2490. The van der Waals surface area contributed by atoms with E-state index in [1.807, 2.05) is 72.0 Å². The molecule has 9 rings (SSSR count). The first-order valence-corrected chi connectivity index (χ1v) is 21.6. The van der Waals surface area contributed by atoms with Gasteiger partial charge in [-0.2, -0.15) is 0 Å². The number of alkyl halides is 1. The third-order valence-electron chi connectivity index (χ3n) is 13.3. The highest BCUT2D eigenvalue weighted by atomic mass is 19.1. The van der Waals surface area contributed by atoms with Gasteiger partial charge in [-0.1, -0.05) is 24.3 Å². The van der Waals surface area contributed by atoms with Gasteiger partial charge in [-0.05, 0) is 93.5 Å². The van der Waals surface area contributed by atoms with Gasteiger partial charge in [0.05, 0.1) is 41.5 Å². The number of piperidine rings is 2. The van der Waals surface area contributed by atoms with E-state index in [4.69, 9.17) is 10.5 Å². The lowest BCUT2D eigenvalue weighted by Crippen LogP contribution is -2.50. The van der Waals surface area contributed by atoms with Crippen LogP contribution in [0.25, 0.3) is 22.3 Å². The number of carbonyl (C=O) groups excluding carboxylic acids is 3. The molecular formula is C46H53FN10O5. The summed E-state index contributed by atoms with van der Waals surface area (Å²) in [5.74, 6) is 0.496. The zero-order valence-corrected chi connectivity index (χ0v) is 35.3. The van der Waals surface area contributed by atoms with Crippen molar-refractivity contribution in [3.8, 4) is 17.0 Å². The Morgan fingerprint density at radius 2 is 1.76 bits per heavy atom. The monoisotopic (exact) mass is 844 g/mol. The summed E-state index contributed by atoms with van der Waals surface area (Å²) in [6.45, 7) is 10.1. The molecule has 0 radical (unpaired) electrons. The second-order valence-corrected chi connectivity index (χ2v) is 17.3. The van der Waals surface area contributed by atoms with E-state index in [2.05, 4.69) is 37.2 Å². The lowest BCUT2D eigenvalue weighted by Gasteiger charge is -2.43. The van der Waals surface area contributed by atoms with Crippen molar-refractivity contribution in [2.75, 3.05) is 61.3 Å². The number of aryl methyl sites for hydroxylation is 1. The maximum atomic E-state index is 16.0. The lowest BCUT2D eigenvalue weighted by molar-refractivity contribution is -0.120. The number of phenolic OH excluding ortho intramolecular Hbond substituents is 1. The zero-order chi connectivity index (χ0) is 43.2. The highest BCUT2D eigenvalue weighted by molar-refractivity contribution is 6.06. The Morgan fingerprint density at radius 1 is 0.984 bits per heavy atom. The fraction of sp³-hybridized carbons (Fsp3) is 0.435. The molecule has 7 heterocycles. The largest absolute Gasteiger partial charge is 0.507 e. The Hall–Kier alpha value is -6.13. The first kappa shape index (κ1) is 41.2. The Kier molecular flexibility index (Phi) is 11.3. The van der Waals surface area contributed by atoms with Crippen molar-refractivity contribution in [3.63, 3.8) is 0 Å². The maximum Gasteiger partial charge on any atom is 0.328 e. The van der Waals surface area contributed by atoms with E-state index in [0.29, 0.717) is 72.5 Å². The predicted molar refractivity (Wildman–Crippen MR) is 234 cm³/mol. The number of amides is 4. The molecule has 62 heavy (non-hydrogen) atoms. The van der Waals surface area contributed by atoms with Crippen LogP contribution in [0.3, 0.4) is 0 Å². The van der Waals surface area contributed by atoms with Crippen LogP contribution in [0.5, 0.6) is 5.75 Å². The minimum Gasteiger partial charge on any atom is -0.507 e. The number of rotatable bonds is 8. The number of benzene rings is 2. The number of morpholine rings is 1. The molecule has 16 heteroatoms. The molecule has 4 aliphatic rings. The summed E-state index contributed by atoms with van der Waals surface area (Å²) in [4.78, 5) is 50.3. The molecule has 5 aromatic rings. The Labute approximate surface area is 359 Å². The van der Waals surface area contributed by atoms with Gasteiger partial charge in [-0.3, -0.25) is 19.8 Å².